The first-order valence-electron chi connectivity index (χ1n) is 4.60. The number of rotatable bonds is 3. The van der Waals surface area contributed by atoms with Crippen molar-refractivity contribution in [3.05, 3.63) is 45.6 Å². The SMILES string of the molecule is C=CC(C)c1cccc(I)c1CC. The van der Waals surface area contributed by atoms with Crippen molar-refractivity contribution >= 4 is 22.6 Å². The Kier molecular flexibility index (Phi) is 3.97. The van der Waals surface area contributed by atoms with Crippen molar-refractivity contribution in [3.63, 3.8) is 0 Å². The molecule has 0 nitrogen and oxygen atoms in total. The van der Waals surface area contributed by atoms with Gasteiger partial charge in [0.25, 0.3) is 0 Å². The van der Waals surface area contributed by atoms with E-state index >= 15 is 0 Å². The van der Waals surface area contributed by atoms with E-state index in [9.17, 15) is 0 Å². The van der Waals surface area contributed by atoms with Gasteiger partial charge in [0.05, 0.1) is 0 Å². The quantitative estimate of drug-likeness (QED) is 0.578. The van der Waals surface area contributed by atoms with E-state index in [0.717, 1.165) is 6.42 Å². The highest BCUT2D eigenvalue weighted by molar-refractivity contribution is 14.1. The molecule has 0 N–H and O–H groups in total. The first kappa shape index (κ1) is 10.8. The average molecular weight is 286 g/mol. The Balaban J connectivity index is 3.19. The van der Waals surface area contributed by atoms with E-state index in [1.54, 1.807) is 0 Å². The summed E-state index contributed by atoms with van der Waals surface area (Å²) in [7, 11) is 0. The zero-order valence-electron chi connectivity index (χ0n) is 8.18. The molecular weight excluding hydrogens is 271 g/mol. The van der Waals surface area contributed by atoms with Gasteiger partial charge in [-0.25, -0.2) is 0 Å². The van der Waals surface area contributed by atoms with Crippen molar-refractivity contribution in [3.8, 4) is 0 Å². The summed E-state index contributed by atoms with van der Waals surface area (Å²) in [6, 6.07) is 6.49. The van der Waals surface area contributed by atoms with Gasteiger partial charge in [-0.05, 0) is 52.1 Å². The monoisotopic (exact) mass is 286 g/mol. The molecule has 0 saturated heterocycles. The predicted molar refractivity (Wildman–Crippen MR) is 67.1 cm³/mol. The van der Waals surface area contributed by atoms with Gasteiger partial charge < -0.3 is 0 Å². The summed E-state index contributed by atoms with van der Waals surface area (Å²) < 4.78 is 1.37. The number of hydrogen-bond donors (Lipinski definition) is 0. The van der Waals surface area contributed by atoms with Crippen molar-refractivity contribution in [1.29, 1.82) is 0 Å². The van der Waals surface area contributed by atoms with Crippen LogP contribution in [0.3, 0.4) is 0 Å². The first-order valence-corrected chi connectivity index (χ1v) is 5.68. The predicted octanol–water partition coefficient (Wildman–Crippen LogP) is 4.14. The van der Waals surface area contributed by atoms with E-state index in [1.165, 1.54) is 14.7 Å². The second-order valence-corrected chi connectivity index (χ2v) is 4.35. The van der Waals surface area contributed by atoms with Crippen LogP contribution < -0.4 is 0 Å². The Morgan fingerprint density at radius 1 is 1.54 bits per heavy atom. The molecular formula is C12H15I. The van der Waals surface area contributed by atoms with E-state index in [0.29, 0.717) is 5.92 Å². The largest absolute Gasteiger partial charge is 0.102 e. The molecule has 0 radical (unpaired) electrons. The van der Waals surface area contributed by atoms with Crippen LogP contribution in [0.5, 0.6) is 0 Å². The molecule has 0 amide bonds. The third-order valence-electron chi connectivity index (χ3n) is 2.35. The van der Waals surface area contributed by atoms with Crippen LogP contribution in [0, 0.1) is 3.57 Å². The van der Waals surface area contributed by atoms with Gasteiger partial charge in [-0.15, -0.1) is 6.58 Å². The molecule has 1 rings (SSSR count). The highest BCUT2D eigenvalue weighted by Crippen LogP contribution is 2.25. The second kappa shape index (κ2) is 4.80. The summed E-state index contributed by atoms with van der Waals surface area (Å²) in [5, 5.41) is 0. The van der Waals surface area contributed by atoms with E-state index in [4.69, 9.17) is 0 Å². The first-order chi connectivity index (χ1) is 6.20. The fraction of sp³-hybridized carbons (Fsp3) is 0.333. The molecule has 0 heterocycles. The topological polar surface area (TPSA) is 0 Å². The van der Waals surface area contributed by atoms with E-state index < -0.39 is 0 Å². The third kappa shape index (κ3) is 2.33. The van der Waals surface area contributed by atoms with Crippen LogP contribution in [0.1, 0.15) is 30.9 Å². The summed E-state index contributed by atoms with van der Waals surface area (Å²) in [6.45, 7) is 8.24. The van der Waals surface area contributed by atoms with Gasteiger partial charge in [0, 0.05) is 3.57 Å². The van der Waals surface area contributed by atoms with Crippen LogP contribution in [0.2, 0.25) is 0 Å². The molecule has 1 atom stereocenters. The number of benzene rings is 1. The lowest BCUT2D eigenvalue weighted by molar-refractivity contribution is 0.926. The van der Waals surface area contributed by atoms with E-state index in [1.807, 2.05) is 6.08 Å². The van der Waals surface area contributed by atoms with Gasteiger partial charge in [0.15, 0.2) is 0 Å². The molecule has 0 aliphatic heterocycles. The fourth-order valence-corrected chi connectivity index (χ4v) is 2.40. The molecule has 1 heteroatoms. The molecule has 0 aromatic heterocycles. The number of hydrogen-bond acceptors (Lipinski definition) is 0. The average Bonchev–Trinajstić information content (AvgIpc) is 2.16. The van der Waals surface area contributed by atoms with Crippen LogP contribution >= 0.6 is 22.6 Å². The van der Waals surface area contributed by atoms with Crippen LogP contribution in [0.15, 0.2) is 30.9 Å². The van der Waals surface area contributed by atoms with Gasteiger partial charge in [0.1, 0.15) is 0 Å². The number of halogens is 1. The van der Waals surface area contributed by atoms with Gasteiger partial charge in [-0.3, -0.25) is 0 Å². The van der Waals surface area contributed by atoms with Gasteiger partial charge in [-0.1, -0.05) is 32.1 Å². The highest BCUT2D eigenvalue weighted by Gasteiger charge is 2.08. The van der Waals surface area contributed by atoms with E-state index in [-0.39, 0.29) is 0 Å². The van der Waals surface area contributed by atoms with Crippen LogP contribution in [0.4, 0.5) is 0 Å². The summed E-state index contributed by atoms with van der Waals surface area (Å²) in [6.07, 6.45) is 3.11. The van der Waals surface area contributed by atoms with Crippen molar-refractivity contribution < 1.29 is 0 Å². The molecule has 0 aliphatic rings. The molecule has 0 fully saturated rings. The lowest BCUT2D eigenvalue weighted by Crippen LogP contribution is -1.98. The fourth-order valence-electron chi connectivity index (χ4n) is 1.50. The maximum absolute atomic E-state index is 3.84. The van der Waals surface area contributed by atoms with E-state index in [2.05, 4.69) is 61.2 Å². The Morgan fingerprint density at radius 2 is 2.23 bits per heavy atom. The standard InChI is InChI=1S/C12H15I/c1-4-9(3)11-7-6-8-12(13)10(11)5-2/h4,6-9H,1,5H2,2-3H3. The van der Waals surface area contributed by atoms with Crippen molar-refractivity contribution in [2.75, 3.05) is 0 Å². The van der Waals surface area contributed by atoms with Crippen LogP contribution in [-0.4, -0.2) is 0 Å². The van der Waals surface area contributed by atoms with Gasteiger partial charge in [-0.2, -0.15) is 0 Å². The molecule has 0 aliphatic carbocycles. The summed E-state index contributed by atoms with van der Waals surface area (Å²) >= 11 is 2.40. The molecule has 13 heavy (non-hydrogen) atoms. The molecule has 1 aromatic carbocycles. The van der Waals surface area contributed by atoms with Crippen molar-refractivity contribution in [2.45, 2.75) is 26.2 Å². The molecule has 1 unspecified atom stereocenters. The minimum absolute atomic E-state index is 0.463. The van der Waals surface area contributed by atoms with Crippen molar-refractivity contribution in [2.24, 2.45) is 0 Å². The lowest BCUT2D eigenvalue weighted by atomic mass is 9.95. The maximum atomic E-state index is 3.84. The van der Waals surface area contributed by atoms with Gasteiger partial charge >= 0.3 is 0 Å². The second-order valence-electron chi connectivity index (χ2n) is 3.19. The number of allylic oxidation sites excluding steroid dienone is 1. The third-order valence-corrected chi connectivity index (χ3v) is 3.36. The van der Waals surface area contributed by atoms with Crippen molar-refractivity contribution in [1.82, 2.24) is 0 Å². The minimum Gasteiger partial charge on any atom is -0.102 e. The lowest BCUT2D eigenvalue weighted by Gasteiger charge is -2.13. The molecule has 0 saturated carbocycles. The highest BCUT2D eigenvalue weighted by atomic mass is 127. The van der Waals surface area contributed by atoms with Crippen LogP contribution in [0.25, 0.3) is 0 Å². The zero-order chi connectivity index (χ0) is 9.84. The minimum atomic E-state index is 0.463. The molecule has 70 valence electrons. The smallest absolute Gasteiger partial charge is 0.0165 e. The molecule has 1 aromatic rings. The summed E-state index contributed by atoms with van der Waals surface area (Å²) in [5.41, 5.74) is 2.89. The summed E-state index contributed by atoms with van der Waals surface area (Å²) in [4.78, 5) is 0. The molecule has 0 bridgehead atoms. The summed E-state index contributed by atoms with van der Waals surface area (Å²) in [5.74, 6) is 0.463. The Morgan fingerprint density at radius 3 is 2.77 bits per heavy atom. The zero-order valence-corrected chi connectivity index (χ0v) is 10.3. The Bertz CT molecular complexity index is 302. The van der Waals surface area contributed by atoms with Crippen LogP contribution in [-0.2, 0) is 6.42 Å². The maximum Gasteiger partial charge on any atom is 0.0165 e. The Labute approximate surface area is 94.2 Å². The molecule has 0 spiro atoms. The van der Waals surface area contributed by atoms with Gasteiger partial charge in [0.2, 0.25) is 0 Å². The Hall–Kier alpha value is -0.310. The normalized spacial score (nSPS) is 12.5.